The van der Waals surface area contributed by atoms with Gasteiger partial charge < -0.3 is 14.8 Å². The minimum absolute atomic E-state index is 0.0411. The predicted octanol–water partition coefficient (Wildman–Crippen LogP) is 2.08. The first kappa shape index (κ1) is 25.1. The monoisotopic (exact) mass is 485 g/mol. The second-order valence-electron chi connectivity index (χ2n) is 6.05. The van der Waals surface area contributed by atoms with Crippen molar-refractivity contribution < 1.29 is 42.4 Å². The average Bonchev–Trinajstić information content (AvgIpc) is 2.76. The third-order valence-corrected chi connectivity index (χ3v) is 4.08. The van der Waals surface area contributed by atoms with Gasteiger partial charge in [-0.25, -0.2) is 0 Å². The first-order valence-electron chi connectivity index (χ1n) is 8.83. The van der Waals surface area contributed by atoms with Crippen LogP contribution in [0.5, 0.6) is 5.75 Å². The van der Waals surface area contributed by atoms with E-state index in [0.717, 1.165) is 36.4 Å². The van der Waals surface area contributed by atoms with Crippen molar-refractivity contribution in [3.05, 3.63) is 68.7 Å². The molecule has 0 unspecified atom stereocenters. The molecule has 0 bridgehead atoms. The third-order valence-electron chi connectivity index (χ3n) is 3.76. The highest BCUT2D eigenvalue weighted by atomic mass is 35.5. The van der Waals surface area contributed by atoms with E-state index in [4.69, 9.17) is 11.6 Å². The molecule has 2 aromatic carbocycles. The van der Waals surface area contributed by atoms with Crippen LogP contribution < -0.4 is 15.4 Å². The van der Waals surface area contributed by atoms with Crippen LogP contribution in [0.25, 0.3) is 0 Å². The van der Waals surface area contributed by atoms with Crippen LogP contribution in [0, 0.1) is 10.1 Å². The van der Waals surface area contributed by atoms with Crippen LogP contribution in [0.15, 0.2) is 42.5 Å². The SMILES string of the molecule is O=C(COC(=O)CNC(=O)c1ccc(Cl)c([N+](=O)[O-])c1)NC(=O)c1ccc(OC(F)F)cc1. The number of alkyl halides is 2. The normalized spacial score (nSPS) is 10.3. The molecule has 0 aliphatic rings. The van der Waals surface area contributed by atoms with E-state index in [1.807, 2.05) is 5.32 Å². The Balaban J connectivity index is 1.78. The number of nitro groups is 1. The zero-order valence-corrected chi connectivity index (χ0v) is 17.1. The highest BCUT2D eigenvalue weighted by Gasteiger charge is 2.18. The number of halogens is 3. The molecular weight excluding hydrogens is 472 g/mol. The van der Waals surface area contributed by atoms with Gasteiger partial charge in [0.1, 0.15) is 17.3 Å². The van der Waals surface area contributed by atoms with E-state index >= 15 is 0 Å². The maximum absolute atomic E-state index is 12.1. The molecule has 0 saturated carbocycles. The Bertz CT molecular complexity index is 1080. The molecule has 0 atom stereocenters. The number of amides is 3. The molecule has 2 N–H and O–H groups in total. The van der Waals surface area contributed by atoms with Crippen molar-refractivity contribution in [2.75, 3.05) is 13.2 Å². The second-order valence-corrected chi connectivity index (χ2v) is 6.45. The highest BCUT2D eigenvalue weighted by Crippen LogP contribution is 2.25. The van der Waals surface area contributed by atoms with Gasteiger partial charge in [-0.1, -0.05) is 11.6 Å². The Labute approximate surface area is 188 Å². The molecule has 0 saturated heterocycles. The molecule has 14 heteroatoms. The number of carbonyl (C=O) groups excluding carboxylic acids is 4. The van der Waals surface area contributed by atoms with Gasteiger partial charge in [0, 0.05) is 17.2 Å². The summed E-state index contributed by atoms with van der Waals surface area (Å²) in [6, 6.07) is 7.77. The van der Waals surface area contributed by atoms with Crippen molar-refractivity contribution in [3.8, 4) is 5.75 Å². The molecule has 0 aliphatic carbocycles. The number of benzene rings is 2. The van der Waals surface area contributed by atoms with Crippen molar-refractivity contribution in [1.82, 2.24) is 10.6 Å². The summed E-state index contributed by atoms with van der Waals surface area (Å²) >= 11 is 5.65. The molecule has 3 amide bonds. The summed E-state index contributed by atoms with van der Waals surface area (Å²) in [5, 5.41) is 14.7. The van der Waals surface area contributed by atoms with Crippen LogP contribution in [-0.4, -0.2) is 48.4 Å². The van der Waals surface area contributed by atoms with Crippen molar-refractivity contribution in [1.29, 1.82) is 0 Å². The number of hydrogen-bond acceptors (Lipinski definition) is 8. The highest BCUT2D eigenvalue weighted by molar-refractivity contribution is 6.32. The van der Waals surface area contributed by atoms with E-state index in [1.54, 1.807) is 0 Å². The maximum Gasteiger partial charge on any atom is 0.387 e. The van der Waals surface area contributed by atoms with E-state index in [1.165, 1.54) is 6.07 Å². The summed E-state index contributed by atoms with van der Waals surface area (Å²) in [6.45, 7) is -4.54. The fourth-order valence-corrected chi connectivity index (χ4v) is 2.45. The molecule has 0 aliphatic heterocycles. The van der Waals surface area contributed by atoms with E-state index < -0.39 is 54.1 Å². The second kappa shape index (κ2) is 11.5. The van der Waals surface area contributed by atoms with Gasteiger partial charge in [-0.05, 0) is 36.4 Å². The molecule has 0 heterocycles. The zero-order chi connectivity index (χ0) is 24.5. The standard InChI is InChI=1S/C19H14ClF2N3O8/c20-13-6-3-11(7-14(13)25(30)31)17(28)23-8-16(27)32-9-15(26)24-18(29)10-1-4-12(5-2-10)33-19(21)22/h1-7,19H,8-9H2,(H,23,28)(H,24,26,29). The topological polar surface area (TPSA) is 154 Å². The lowest BCUT2D eigenvalue weighted by Gasteiger charge is -2.08. The van der Waals surface area contributed by atoms with Crippen LogP contribution in [0.4, 0.5) is 14.5 Å². The van der Waals surface area contributed by atoms with Gasteiger partial charge in [0.15, 0.2) is 6.61 Å². The summed E-state index contributed by atoms with van der Waals surface area (Å²) in [5.74, 6) is -3.90. The predicted molar refractivity (Wildman–Crippen MR) is 107 cm³/mol. The lowest BCUT2D eigenvalue weighted by molar-refractivity contribution is -0.384. The van der Waals surface area contributed by atoms with Crippen LogP contribution in [0.2, 0.25) is 5.02 Å². The molecular formula is C19H14ClF2N3O8. The van der Waals surface area contributed by atoms with E-state index in [0.29, 0.717) is 0 Å². The molecule has 0 fully saturated rings. The first-order valence-corrected chi connectivity index (χ1v) is 9.21. The molecule has 0 aromatic heterocycles. The molecule has 0 radical (unpaired) electrons. The Morgan fingerprint density at radius 1 is 1.03 bits per heavy atom. The molecule has 2 aromatic rings. The van der Waals surface area contributed by atoms with Crippen LogP contribution >= 0.6 is 11.6 Å². The molecule has 2 rings (SSSR count). The average molecular weight is 486 g/mol. The Kier molecular flexibility index (Phi) is 8.74. The lowest BCUT2D eigenvalue weighted by atomic mass is 10.2. The van der Waals surface area contributed by atoms with Gasteiger partial charge in [-0.2, -0.15) is 8.78 Å². The van der Waals surface area contributed by atoms with Crippen molar-refractivity contribution in [3.63, 3.8) is 0 Å². The molecule has 0 spiro atoms. The van der Waals surface area contributed by atoms with E-state index in [-0.39, 0.29) is 21.9 Å². The lowest BCUT2D eigenvalue weighted by Crippen LogP contribution is -2.36. The summed E-state index contributed by atoms with van der Waals surface area (Å²) in [7, 11) is 0. The smallest absolute Gasteiger partial charge is 0.387 e. The summed E-state index contributed by atoms with van der Waals surface area (Å²) in [6.07, 6.45) is 0. The van der Waals surface area contributed by atoms with Gasteiger partial charge in [0.2, 0.25) is 0 Å². The fourth-order valence-electron chi connectivity index (χ4n) is 2.27. The number of rotatable bonds is 9. The number of nitrogens with zero attached hydrogens (tertiary/aromatic N) is 1. The number of imide groups is 1. The number of carbonyl (C=O) groups is 4. The Hall–Kier alpha value is -4.13. The fraction of sp³-hybridized carbons (Fsp3) is 0.158. The minimum Gasteiger partial charge on any atom is -0.454 e. The summed E-state index contributed by atoms with van der Waals surface area (Å²) in [5.41, 5.74) is -0.669. The number of hydrogen-bond donors (Lipinski definition) is 2. The molecule has 174 valence electrons. The quantitative estimate of drug-likeness (QED) is 0.311. The van der Waals surface area contributed by atoms with Crippen molar-refractivity contribution in [2.24, 2.45) is 0 Å². The van der Waals surface area contributed by atoms with Crippen LogP contribution in [-0.2, 0) is 14.3 Å². The van der Waals surface area contributed by atoms with Gasteiger partial charge in [-0.3, -0.25) is 34.6 Å². The van der Waals surface area contributed by atoms with Crippen LogP contribution in [0.3, 0.4) is 0 Å². The van der Waals surface area contributed by atoms with Gasteiger partial charge in [0.05, 0.1) is 4.92 Å². The zero-order valence-electron chi connectivity index (χ0n) is 16.4. The summed E-state index contributed by atoms with van der Waals surface area (Å²) in [4.78, 5) is 57.4. The Morgan fingerprint density at radius 2 is 1.67 bits per heavy atom. The maximum atomic E-state index is 12.1. The number of nitro benzene ring substituents is 1. The minimum atomic E-state index is -3.03. The molecule has 33 heavy (non-hydrogen) atoms. The summed E-state index contributed by atoms with van der Waals surface area (Å²) < 4.78 is 33.0. The number of ether oxygens (including phenoxy) is 2. The Morgan fingerprint density at radius 3 is 2.27 bits per heavy atom. The number of esters is 1. The first-order chi connectivity index (χ1) is 15.6. The van der Waals surface area contributed by atoms with E-state index in [9.17, 15) is 38.1 Å². The molecule has 11 nitrogen and oxygen atoms in total. The third kappa shape index (κ3) is 7.81. The van der Waals surface area contributed by atoms with Crippen molar-refractivity contribution >= 4 is 41.0 Å². The van der Waals surface area contributed by atoms with Crippen LogP contribution in [0.1, 0.15) is 20.7 Å². The largest absolute Gasteiger partial charge is 0.454 e. The van der Waals surface area contributed by atoms with Gasteiger partial charge >= 0.3 is 12.6 Å². The van der Waals surface area contributed by atoms with E-state index in [2.05, 4.69) is 14.8 Å². The van der Waals surface area contributed by atoms with Gasteiger partial charge in [0.25, 0.3) is 23.4 Å². The number of nitrogens with one attached hydrogen (secondary N) is 2. The van der Waals surface area contributed by atoms with Gasteiger partial charge in [-0.15, -0.1) is 0 Å². The van der Waals surface area contributed by atoms with Crippen molar-refractivity contribution in [2.45, 2.75) is 6.61 Å².